The molecule has 0 aliphatic carbocycles. The molecular formula is C17H22N4O3. The Morgan fingerprint density at radius 2 is 1.96 bits per heavy atom. The number of amides is 3. The van der Waals surface area contributed by atoms with Gasteiger partial charge in [-0.05, 0) is 38.4 Å². The molecule has 0 aromatic heterocycles. The van der Waals surface area contributed by atoms with Gasteiger partial charge in [-0.15, -0.1) is 0 Å². The van der Waals surface area contributed by atoms with E-state index in [-0.39, 0.29) is 30.1 Å². The van der Waals surface area contributed by atoms with Gasteiger partial charge in [-0.3, -0.25) is 24.7 Å². The van der Waals surface area contributed by atoms with Gasteiger partial charge in [-0.1, -0.05) is 17.7 Å². The lowest BCUT2D eigenvalue weighted by atomic mass is 9.95. The maximum Gasteiger partial charge on any atom is 0.251 e. The quantitative estimate of drug-likeness (QED) is 0.360. The summed E-state index contributed by atoms with van der Waals surface area (Å²) in [6, 6.07) is 6.84. The van der Waals surface area contributed by atoms with Crippen molar-refractivity contribution in [3.8, 4) is 0 Å². The molecule has 7 heteroatoms. The van der Waals surface area contributed by atoms with Crippen LogP contribution < -0.4 is 16.2 Å². The SMILES string of the molecule is Cc1ccc(N2C(=O)C[C@@H](N3CCC[C@@H](C(=O)NN)C3)C2=O)cc1. The third-order valence-corrected chi connectivity index (χ3v) is 4.82. The number of carbonyl (C=O) groups excluding carboxylic acids is 3. The van der Waals surface area contributed by atoms with E-state index in [1.54, 1.807) is 12.1 Å². The Morgan fingerprint density at radius 3 is 2.62 bits per heavy atom. The first-order chi connectivity index (χ1) is 11.5. The number of piperidine rings is 1. The molecule has 2 heterocycles. The number of carbonyl (C=O) groups is 3. The molecule has 0 saturated carbocycles. The summed E-state index contributed by atoms with van der Waals surface area (Å²) < 4.78 is 0. The zero-order valence-corrected chi connectivity index (χ0v) is 13.7. The highest BCUT2D eigenvalue weighted by Crippen LogP contribution is 2.28. The van der Waals surface area contributed by atoms with E-state index in [1.165, 1.54) is 4.90 Å². The molecule has 24 heavy (non-hydrogen) atoms. The van der Waals surface area contributed by atoms with Crippen LogP contribution in [0.5, 0.6) is 0 Å². The molecule has 1 aromatic rings. The van der Waals surface area contributed by atoms with Gasteiger partial charge >= 0.3 is 0 Å². The number of benzene rings is 1. The molecule has 3 N–H and O–H groups in total. The predicted molar refractivity (Wildman–Crippen MR) is 88.7 cm³/mol. The summed E-state index contributed by atoms with van der Waals surface area (Å²) in [6.07, 6.45) is 1.71. The van der Waals surface area contributed by atoms with Crippen LogP contribution in [0.25, 0.3) is 0 Å². The molecule has 7 nitrogen and oxygen atoms in total. The zero-order chi connectivity index (χ0) is 17.3. The van der Waals surface area contributed by atoms with Gasteiger partial charge in [0.2, 0.25) is 11.8 Å². The first-order valence-corrected chi connectivity index (χ1v) is 8.19. The molecule has 3 rings (SSSR count). The van der Waals surface area contributed by atoms with E-state index in [4.69, 9.17) is 5.84 Å². The lowest BCUT2D eigenvalue weighted by Gasteiger charge is -2.34. The van der Waals surface area contributed by atoms with Crippen molar-refractivity contribution in [2.45, 2.75) is 32.2 Å². The average Bonchev–Trinajstić information content (AvgIpc) is 2.90. The van der Waals surface area contributed by atoms with E-state index >= 15 is 0 Å². The highest BCUT2D eigenvalue weighted by molar-refractivity contribution is 6.22. The van der Waals surface area contributed by atoms with Crippen molar-refractivity contribution >= 4 is 23.4 Å². The summed E-state index contributed by atoms with van der Waals surface area (Å²) in [7, 11) is 0. The summed E-state index contributed by atoms with van der Waals surface area (Å²) in [5.74, 6) is 4.36. The highest BCUT2D eigenvalue weighted by Gasteiger charge is 2.44. The van der Waals surface area contributed by atoms with E-state index in [9.17, 15) is 14.4 Å². The fourth-order valence-electron chi connectivity index (χ4n) is 3.49. The van der Waals surface area contributed by atoms with Gasteiger partial charge in [0, 0.05) is 6.54 Å². The minimum Gasteiger partial charge on any atom is -0.294 e. The number of hydrazine groups is 1. The number of nitrogens with zero attached hydrogens (tertiary/aromatic N) is 2. The fourth-order valence-corrected chi connectivity index (χ4v) is 3.49. The molecule has 2 atom stereocenters. The largest absolute Gasteiger partial charge is 0.294 e. The van der Waals surface area contributed by atoms with Gasteiger partial charge in [-0.2, -0.15) is 0 Å². The van der Waals surface area contributed by atoms with Crippen LogP contribution in [0.3, 0.4) is 0 Å². The molecule has 0 radical (unpaired) electrons. The van der Waals surface area contributed by atoms with E-state index < -0.39 is 6.04 Å². The van der Waals surface area contributed by atoms with Gasteiger partial charge in [0.15, 0.2) is 0 Å². The Morgan fingerprint density at radius 1 is 1.25 bits per heavy atom. The number of nitrogens with two attached hydrogens (primary N) is 1. The van der Waals surface area contributed by atoms with Crippen molar-refractivity contribution < 1.29 is 14.4 Å². The lowest BCUT2D eigenvalue weighted by molar-refractivity contribution is -0.129. The number of nitrogens with one attached hydrogen (secondary N) is 1. The van der Waals surface area contributed by atoms with E-state index in [1.807, 2.05) is 24.0 Å². The molecule has 2 aliphatic rings. The van der Waals surface area contributed by atoms with Gasteiger partial charge in [0.1, 0.15) is 0 Å². The Labute approximate surface area is 140 Å². The van der Waals surface area contributed by atoms with Crippen molar-refractivity contribution in [3.05, 3.63) is 29.8 Å². The van der Waals surface area contributed by atoms with Gasteiger partial charge in [0.05, 0.1) is 24.1 Å². The number of imide groups is 1. The Balaban J connectivity index is 1.76. The molecule has 2 aliphatic heterocycles. The van der Waals surface area contributed by atoms with Crippen LogP contribution >= 0.6 is 0 Å². The summed E-state index contributed by atoms with van der Waals surface area (Å²) >= 11 is 0. The third kappa shape index (κ3) is 3.05. The zero-order valence-electron chi connectivity index (χ0n) is 13.7. The van der Waals surface area contributed by atoms with E-state index in [2.05, 4.69) is 5.43 Å². The first-order valence-electron chi connectivity index (χ1n) is 8.19. The molecule has 0 unspecified atom stereocenters. The summed E-state index contributed by atoms with van der Waals surface area (Å²) in [5.41, 5.74) is 3.85. The molecule has 2 fully saturated rings. The van der Waals surface area contributed by atoms with Crippen molar-refractivity contribution in [3.63, 3.8) is 0 Å². The summed E-state index contributed by atoms with van der Waals surface area (Å²) in [6.45, 7) is 3.12. The van der Waals surface area contributed by atoms with E-state index in [0.717, 1.165) is 18.4 Å². The van der Waals surface area contributed by atoms with Crippen LogP contribution in [0.15, 0.2) is 24.3 Å². The average molecular weight is 330 g/mol. The van der Waals surface area contributed by atoms with Gasteiger partial charge in [0.25, 0.3) is 5.91 Å². The maximum atomic E-state index is 12.8. The number of hydrogen-bond acceptors (Lipinski definition) is 5. The highest BCUT2D eigenvalue weighted by atomic mass is 16.2. The second kappa shape index (κ2) is 6.70. The second-order valence-electron chi connectivity index (χ2n) is 6.47. The van der Waals surface area contributed by atoms with Crippen molar-refractivity contribution in [2.75, 3.05) is 18.0 Å². The number of rotatable bonds is 3. The van der Waals surface area contributed by atoms with Crippen LogP contribution in [-0.2, 0) is 14.4 Å². The molecule has 2 saturated heterocycles. The predicted octanol–water partition coefficient (Wildman–Crippen LogP) is 0.329. The molecule has 3 amide bonds. The molecular weight excluding hydrogens is 308 g/mol. The summed E-state index contributed by atoms with van der Waals surface area (Å²) in [4.78, 5) is 40.1. The van der Waals surface area contributed by atoms with Crippen molar-refractivity contribution in [1.82, 2.24) is 10.3 Å². The van der Waals surface area contributed by atoms with Gasteiger partial charge < -0.3 is 0 Å². The lowest BCUT2D eigenvalue weighted by Crippen LogP contribution is -2.50. The monoisotopic (exact) mass is 330 g/mol. The maximum absolute atomic E-state index is 12.8. The minimum absolute atomic E-state index is 0.156. The Kier molecular flexibility index (Phi) is 4.64. The Bertz CT molecular complexity index is 658. The van der Waals surface area contributed by atoms with Gasteiger partial charge in [-0.25, -0.2) is 10.7 Å². The standard InChI is InChI=1S/C17H22N4O3/c1-11-4-6-13(7-5-11)21-15(22)9-14(17(21)24)20-8-2-3-12(10-20)16(23)19-18/h4-7,12,14H,2-3,8-10,18H2,1H3,(H,19,23)/t12-,14-/m1/s1. The van der Waals surface area contributed by atoms with Crippen LogP contribution in [-0.4, -0.2) is 41.8 Å². The molecule has 128 valence electrons. The van der Waals surface area contributed by atoms with Crippen LogP contribution in [0.4, 0.5) is 5.69 Å². The van der Waals surface area contributed by atoms with Crippen LogP contribution in [0, 0.1) is 12.8 Å². The summed E-state index contributed by atoms with van der Waals surface area (Å²) in [5, 5.41) is 0. The Hall–Kier alpha value is -2.25. The second-order valence-corrected chi connectivity index (χ2v) is 6.47. The van der Waals surface area contributed by atoms with Crippen LogP contribution in [0.1, 0.15) is 24.8 Å². The molecule has 0 spiro atoms. The van der Waals surface area contributed by atoms with Crippen molar-refractivity contribution in [1.29, 1.82) is 0 Å². The first kappa shape index (κ1) is 16.6. The number of aryl methyl sites for hydroxylation is 1. The van der Waals surface area contributed by atoms with E-state index in [0.29, 0.717) is 18.8 Å². The number of anilines is 1. The molecule has 1 aromatic carbocycles. The topological polar surface area (TPSA) is 95.7 Å². The minimum atomic E-state index is -0.493. The number of likely N-dealkylation sites (tertiary alicyclic amines) is 1. The van der Waals surface area contributed by atoms with Crippen LogP contribution in [0.2, 0.25) is 0 Å². The number of hydrogen-bond donors (Lipinski definition) is 2. The normalized spacial score (nSPS) is 25.2. The third-order valence-electron chi connectivity index (χ3n) is 4.82. The smallest absolute Gasteiger partial charge is 0.251 e. The fraction of sp³-hybridized carbons (Fsp3) is 0.471. The van der Waals surface area contributed by atoms with Crippen molar-refractivity contribution in [2.24, 2.45) is 11.8 Å². The molecule has 0 bridgehead atoms.